The zero-order valence-electron chi connectivity index (χ0n) is 7.79. The van der Waals surface area contributed by atoms with Crippen LogP contribution in [0.5, 0.6) is 11.6 Å². The molecule has 1 heterocycles. The number of hydrogen-bond donors (Lipinski definition) is 0. The van der Waals surface area contributed by atoms with Crippen molar-refractivity contribution in [3.05, 3.63) is 48.4 Å². The lowest BCUT2D eigenvalue weighted by molar-refractivity contribution is 0.460. The second-order valence-corrected chi connectivity index (χ2v) is 2.76. The van der Waals surface area contributed by atoms with Gasteiger partial charge in [-0.3, -0.25) is 0 Å². The molecule has 0 unspecified atom stereocenters. The second kappa shape index (κ2) is 4.20. The van der Waals surface area contributed by atoms with Crippen molar-refractivity contribution in [2.45, 2.75) is 0 Å². The van der Waals surface area contributed by atoms with Crippen LogP contribution in [0.25, 0.3) is 0 Å². The van der Waals surface area contributed by atoms with Crippen LogP contribution in [-0.4, -0.2) is 9.97 Å². The highest BCUT2D eigenvalue weighted by atomic mass is 16.5. The first-order valence-corrected chi connectivity index (χ1v) is 4.33. The lowest BCUT2D eigenvalue weighted by Crippen LogP contribution is -1.90. The van der Waals surface area contributed by atoms with Gasteiger partial charge < -0.3 is 4.74 Å². The molecule has 2 aromatic rings. The van der Waals surface area contributed by atoms with Crippen LogP contribution in [0.15, 0.2) is 42.9 Å². The van der Waals surface area contributed by atoms with Gasteiger partial charge in [-0.1, -0.05) is 12.1 Å². The number of para-hydroxylation sites is 1. The number of ether oxygens (including phenoxy) is 1. The predicted octanol–water partition coefficient (Wildman–Crippen LogP) is 2.14. The third kappa shape index (κ3) is 2.09. The Morgan fingerprint density at radius 2 is 2.07 bits per heavy atom. The molecular formula is C11H7N3O. The molecule has 0 aliphatic carbocycles. The molecule has 4 nitrogen and oxygen atoms in total. The molecule has 4 heteroatoms. The van der Waals surface area contributed by atoms with Gasteiger partial charge in [0.05, 0.1) is 5.56 Å². The molecule has 0 fully saturated rings. The van der Waals surface area contributed by atoms with Crippen molar-refractivity contribution in [3.63, 3.8) is 0 Å². The van der Waals surface area contributed by atoms with Gasteiger partial charge in [-0.05, 0) is 12.1 Å². The molecule has 0 N–H and O–H groups in total. The van der Waals surface area contributed by atoms with Gasteiger partial charge >= 0.3 is 0 Å². The minimum absolute atomic E-state index is 0.424. The third-order valence-corrected chi connectivity index (χ3v) is 1.78. The summed E-state index contributed by atoms with van der Waals surface area (Å²) in [7, 11) is 0. The van der Waals surface area contributed by atoms with Crippen LogP contribution in [0.4, 0.5) is 0 Å². The summed E-state index contributed by atoms with van der Waals surface area (Å²) < 4.78 is 5.43. The Kier molecular flexibility index (Phi) is 2.56. The molecule has 0 spiro atoms. The van der Waals surface area contributed by atoms with Crippen LogP contribution >= 0.6 is 0 Å². The standard InChI is InChI=1S/C11H7N3O/c12-7-9-3-1-2-4-10(9)15-11-5-6-13-8-14-11/h1-6,8H. The molecule has 15 heavy (non-hydrogen) atoms. The highest BCUT2D eigenvalue weighted by Crippen LogP contribution is 2.22. The largest absolute Gasteiger partial charge is 0.438 e. The number of rotatable bonds is 2. The number of nitriles is 1. The van der Waals surface area contributed by atoms with Crippen molar-refractivity contribution >= 4 is 0 Å². The molecule has 0 saturated heterocycles. The molecule has 0 aliphatic rings. The topological polar surface area (TPSA) is 58.8 Å². The average molecular weight is 197 g/mol. The molecule has 1 aromatic carbocycles. The zero-order chi connectivity index (χ0) is 10.5. The monoisotopic (exact) mass is 197 g/mol. The molecule has 0 bridgehead atoms. The maximum atomic E-state index is 8.83. The van der Waals surface area contributed by atoms with E-state index in [0.717, 1.165) is 0 Å². The molecule has 0 saturated carbocycles. The molecule has 0 aliphatic heterocycles. The SMILES string of the molecule is N#Cc1ccccc1Oc1ccncn1. The Balaban J connectivity index is 2.29. The van der Waals surface area contributed by atoms with Gasteiger partial charge in [-0.15, -0.1) is 0 Å². The van der Waals surface area contributed by atoms with E-state index in [1.54, 1.807) is 36.5 Å². The Hall–Kier alpha value is -2.41. The number of aromatic nitrogens is 2. The maximum Gasteiger partial charge on any atom is 0.222 e. The van der Waals surface area contributed by atoms with Crippen LogP contribution in [0, 0.1) is 11.3 Å². The Morgan fingerprint density at radius 3 is 2.80 bits per heavy atom. The van der Waals surface area contributed by atoms with Crippen LogP contribution in [-0.2, 0) is 0 Å². The van der Waals surface area contributed by atoms with Gasteiger partial charge in [0.1, 0.15) is 18.1 Å². The van der Waals surface area contributed by atoms with Crippen molar-refractivity contribution in [3.8, 4) is 17.7 Å². The average Bonchev–Trinajstić information content (AvgIpc) is 2.31. The van der Waals surface area contributed by atoms with E-state index in [1.165, 1.54) is 6.33 Å². The number of benzene rings is 1. The third-order valence-electron chi connectivity index (χ3n) is 1.78. The number of hydrogen-bond acceptors (Lipinski definition) is 4. The summed E-state index contributed by atoms with van der Waals surface area (Å²) in [4.78, 5) is 7.68. The van der Waals surface area contributed by atoms with Crippen LogP contribution < -0.4 is 4.74 Å². The highest BCUT2D eigenvalue weighted by Gasteiger charge is 2.03. The lowest BCUT2D eigenvalue weighted by Gasteiger charge is -2.04. The fourth-order valence-corrected chi connectivity index (χ4v) is 1.10. The van der Waals surface area contributed by atoms with E-state index < -0.39 is 0 Å². The van der Waals surface area contributed by atoms with Gasteiger partial charge in [-0.25, -0.2) is 9.97 Å². The minimum Gasteiger partial charge on any atom is -0.438 e. The van der Waals surface area contributed by atoms with Gasteiger partial charge in [0.15, 0.2) is 0 Å². The van der Waals surface area contributed by atoms with Crippen LogP contribution in [0.3, 0.4) is 0 Å². The summed E-state index contributed by atoms with van der Waals surface area (Å²) in [5, 5.41) is 8.83. The van der Waals surface area contributed by atoms with Gasteiger partial charge in [0.25, 0.3) is 0 Å². The summed E-state index contributed by atoms with van der Waals surface area (Å²) in [5.41, 5.74) is 0.483. The van der Waals surface area contributed by atoms with Gasteiger partial charge in [0.2, 0.25) is 5.88 Å². The first-order valence-electron chi connectivity index (χ1n) is 4.33. The predicted molar refractivity (Wildman–Crippen MR) is 53.3 cm³/mol. The van der Waals surface area contributed by atoms with Crippen molar-refractivity contribution in [1.82, 2.24) is 9.97 Å². The zero-order valence-corrected chi connectivity index (χ0v) is 7.79. The van der Waals surface area contributed by atoms with E-state index in [4.69, 9.17) is 10.00 Å². The maximum absolute atomic E-state index is 8.83. The van der Waals surface area contributed by atoms with Crippen molar-refractivity contribution in [2.24, 2.45) is 0 Å². The fourth-order valence-electron chi connectivity index (χ4n) is 1.10. The Labute approximate surface area is 86.8 Å². The first kappa shape index (κ1) is 9.16. The lowest BCUT2D eigenvalue weighted by atomic mass is 10.2. The van der Waals surface area contributed by atoms with Crippen molar-refractivity contribution < 1.29 is 4.74 Å². The van der Waals surface area contributed by atoms with E-state index in [9.17, 15) is 0 Å². The molecule has 2 rings (SSSR count). The molecule has 72 valence electrons. The molecule has 0 atom stereocenters. The van der Waals surface area contributed by atoms with Crippen molar-refractivity contribution in [2.75, 3.05) is 0 Å². The summed E-state index contributed by atoms with van der Waals surface area (Å²) in [5.74, 6) is 0.923. The first-order chi connectivity index (χ1) is 7.40. The normalized spacial score (nSPS) is 9.27. The van der Waals surface area contributed by atoms with E-state index in [1.807, 2.05) is 6.07 Å². The Morgan fingerprint density at radius 1 is 1.20 bits per heavy atom. The summed E-state index contributed by atoms with van der Waals surface area (Å²) in [6, 6.07) is 10.7. The Bertz CT molecular complexity index is 491. The number of nitrogens with zero attached hydrogens (tertiary/aromatic N) is 3. The van der Waals surface area contributed by atoms with E-state index >= 15 is 0 Å². The van der Waals surface area contributed by atoms with Gasteiger partial charge in [-0.2, -0.15) is 5.26 Å². The molecule has 1 aromatic heterocycles. The van der Waals surface area contributed by atoms with E-state index in [2.05, 4.69) is 9.97 Å². The minimum atomic E-state index is 0.424. The molecular weight excluding hydrogens is 190 g/mol. The second-order valence-electron chi connectivity index (χ2n) is 2.76. The quantitative estimate of drug-likeness (QED) is 0.740. The van der Waals surface area contributed by atoms with Crippen molar-refractivity contribution in [1.29, 1.82) is 5.26 Å². The van der Waals surface area contributed by atoms with E-state index in [0.29, 0.717) is 17.2 Å². The van der Waals surface area contributed by atoms with E-state index in [-0.39, 0.29) is 0 Å². The van der Waals surface area contributed by atoms with Gasteiger partial charge in [0, 0.05) is 12.3 Å². The fraction of sp³-hybridized carbons (Fsp3) is 0. The highest BCUT2D eigenvalue weighted by molar-refractivity contribution is 5.43. The van der Waals surface area contributed by atoms with Crippen LogP contribution in [0.1, 0.15) is 5.56 Å². The summed E-state index contributed by atoms with van der Waals surface area (Å²) >= 11 is 0. The van der Waals surface area contributed by atoms with Crippen LogP contribution in [0.2, 0.25) is 0 Å². The summed E-state index contributed by atoms with van der Waals surface area (Å²) in [6.07, 6.45) is 2.97. The molecule has 0 amide bonds. The molecule has 0 radical (unpaired) electrons. The summed E-state index contributed by atoms with van der Waals surface area (Å²) in [6.45, 7) is 0. The smallest absolute Gasteiger partial charge is 0.222 e.